The van der Waals surface area contributed by atoms with Crippen LogP contribution in [0.5, 0.6) is 5.88 Å². The normalized spacial score (nSPS) is 14.4. The van der Waals surface area contributed by atoms with Crippen LogP contribution in [-0.2, 0) is 16.6 Å². The molecular weight excluding hydrogens is 224 g/mol. The minimum atomic E-state index is -0.903. The zero-order valence-electron chi connectivity index (χ0n) is 9.68. The van der Waals surface area contributed by atoms with Gasteiger partial charge in [0.05, 0.1) is 12.9 Å². The van der Waals surface area contributed by atoms with Gasteiger partial charge < -0.3 is 10.5 Å². The summed E-state index contributed by atoms with van der Waals surface area (Å²) in [5.41, 5.74) is 6.50. The Morgan fingerprint density at radius 3 is 3.00 bits per heavy atom. The van der Waals surface area contributed by atoms with E-state index in [0.29, 0.717) is 17.4 Å². The van der Waals surface area contributed by atoms with Crippen molar-refractivity contribution in [3.8, 4) is 5.88 Å². The van der Waals surface area contributed by atoms with Crippen molar-refractivity contribution in [3.05, 3.63) is 23.9 Å². The molecule has 0 fully saturated rings. The van der Waals surface area contributed by atoms with Gasteiger partial charge in [-0.1, -0.05) is 6.07 Å². The lowest BCUT2D eigenvalue weighted by Gasteiger charge is -2.07. The molecule has 0 amide bonds. The number of methoxy groups -OCH3 is 1. The Hall–Kier alpha value is -0.940. The number of nitrogens with zero attached hydrogens (tertiary/aromatic N) is 1. The minimum absolute atomic E-state index is 0.0970. The molecule has 0 aliphatic heterocycles. The van der Waals surface area contributed by atoms with Gasteiger partial charge in [0.15, 0.2) is 0 Å². The fraction of sp³-hybridized carbons (Fsp3) is 0.545. The second kappa shape index (κ2) is 6.60. The summed E-state index contributed by atoms with van der Waals surface area (Å²) >= 11 is 0. The summed E-state index contributed by atoms with van der Waals surface area (Å²) in [6, 6.07) is 3.80. The third-order valence-corrected chi connectivity index (χ3v) is 3.48. The predicted octanol–water partition coefficient (Wildman–Crippen LogP) is 1.08. The van der Waals surface area contributed by atoms with Gasteiger partial charge in [-0.3, -0.25) is 4.21 Å². The summed E-state index contributed by atoms with van der Waals surface area (Å²) in [6.45, 7) is 1.92. The van der Waals surface area contributed by atoms with Crippen LogP contribution in [0.15, 0.2) is 18.3 Å². The lowest BCUT2D eigenvalue weighted by atomic mass is 10.3. The summed E-state index contributed by atoms with van der Waals surface area (Å²) in [6.07, 6.45) is 2.43. The van der Waals surface area contributed by atoms with Crippen LogP contribution < -0.4 is 10.5 Å². The van der Waals surface area contributed by atoms with Crippen LogP contribution in [0.25, 0.3) is 0 Å². The Morgan fingerprint density at radius 1 is 1.62 bits per heavy atom. The van der Waals surface area contributed by atoms with Crippen molar-refractivity contribution in [3.63, 3.8) is 0 Å². The highest BCUT2D eigenvalue weighted by atomic mass is 32.2. The smallest absolute Gasteiger partial charge is 0.217 e. The molecule has 0 radical (unpaired) electrons. The fourth-order valence-electron chi connectivity index (χ4n) is 1.28. The Kier molecular flexibility index (Phi) is 5.42. The highest BCUT2D eigenvalue weighted by Crippen LogP contribution is 2.15. The van der Waals surface area contributed by atoms with Crippen LogP contribution >= 0.6 is 0 Å². The number of hydrogen-bond acceptors (Lipinski definition) is 4. The zero-order valence-corrected chi connectivity index (χ0v) is 10.5. The fourth-order valence-corrected chi connectivity index (χ4v) is 2.63. The Labute approximate surface area is 98.7 Å². The van der Waals surface area contributed by atoms with E-state index in [1.54, 1.807) is 13.3 Å². The lowest BCUT2D eigenvalue weighted by molar-refractivity contribution is 0.394. The number of hydrogen-bond donors (Lipinski definition) is 1. The molecule has 0 aliphatic rings. The summed E-state index contributed by atoms with van der Waals surface area (Å²) in [5, 5.41) is 0. The monoisotopic (exact) mass is 242 g/mol. The van der Waals surface area contributed by atoms with Gasteiger partial charge in [0.2, 0.25) is 5.88 Å². The number of nitrogens with two attached hydrogens (primary N) is 1. The minimum Gasteiger partial charge on any atom is -0.481 e. The molecule has 0 spiro atoms. The van der Waals surface area contributed by atoms with Gasteiger partial charge >= 0.3 is 0 Å². The van der Waals surface area contributed by atoms with Gasteiger partial charge in [0.1, 0.15) is 0 Å². The van der Waals surface area contributed by atoms with Crippen LogP contribution in [0.1, 0.15) is 18.9 Å². The molecule has 0 saturated heterocycles. The Balaban J connectivity index is 2.55. The first kappa shape index (κ1) is 13.1. The average molecular weight is 242 g/mol. The van der Waals surface area contributed by atoms with Crippen LogP contribution in [0, 0.1) is 0 Å². The van der Waals surface area contributed by atoms with Crippen molar-refractivity contribution in [1.29, 1.82) is 0 Å². The molecule has 2 N–H and O–H groups in total. The first-order valence-electron chi connectivity index (χ1n) is 5.22. The number of ether oxygens (including phenoxy) is 1. The molecule has 2 unspecified atom stereocenters. The van der Waals surface area contributed by atoms with Crippen LogP contribution in [0.4, 0.5) is 0 Å². The summed E-state index contributed by atoms with van der Waals surface area (Å²) in [5.74, 6) is 1.65. The second-order valence-corrected chi connectivity index (χ2v) is 5.30. The van der Waals surface area contributed by atoms with Gasteiger partial charge in [0.25, 0.3) is 0 Å². The summed E-state index contributed by atoms with van der Waals surface area (Å²) in [7, 11) is 0.663. The van der Waals surface area contributed by atoms with Crippen molar-refractivity contribution < 1.29 is 8.95 Å². The van der Waals surface area contributed by atoms with Crippen molar-refractivity contribution >= 4 is 10.8 Å². The molecular formula is C11H18N2O2S. The molecule has 1 aromatic heterocycles. The van der Waals surface area contributed by atoms with Crippen molar-refractivity contribution in [2.45, 2.75) is 25.1 Å². The van der Waals surface area contributed by atoms with E-state index < -0.39 is 10.8 Å². The van der Waals surface area contributed by atoms with E-state index in [1.807, 2.05) is 19.1 Å². The van der Waals surface area contributed by atoms with Gasteiger partial charge in [-0.15, -0.1) is 0 Å². The molecule has 0 aliphatic carbocycles. The van der Waals surface area contributed by atoms with E-state index >= 15 is 0 Å². The molecule has 90 valence electrons. The highest BCUT2D eigenvalue weighted by molar-refractivity contribution is 7.84. The second-order valence-electron chi connectivity index (χ2n) is 3.73. The maximum absolute atomic E-state index is 11.8. The molecule has 0 bridgehead atoms. The summed E-state index contributed by atoms with van der Waals surface area (Å²) < 4.78 is 16.9. The quantitative estimate of drug-likeness (QED) is 0.810. The maximum atomic E-state index is 11.8. The molecule has 4 nitrogen and oxygen atoms in total. The van der Waals surface area contributed by atoms with Crippen LogP contribution in [0.3, 0.4) is 0 Å². The maximum Gasteiger partial charge on any atom is 0.217 e. The van der Waals surface area contributed by atoms with E-state index in [0.717, 1.165) is 12.0 Å². The predicted molar refractivity (Wildman–Crippen MR) is 65.8 cm³/mol. The molecule has 2 atom stereocenters. The van der Waals surface area contributed by atoms with Gasteiger partial charge in [-0.05, 0) is 19.4 Å². The molecule has 1 rings (SSSR count). The first-order valence-corrected chi connectivity index (χ1v) is 6.70. The van der Waals surface area contributed by atoms with Crippen molar-refractivity contribution in [2.24, 2.45) is 5.73 Å². The van der Waals surface area contributed by atoms with Crippen molar-refractivity contribution in [1.82, 2.24) is 4.98 Å². The summed E-state index contributed by atoms with van der Waals surface area (Å²) in [4.78, 5) is 4.06. The standard InChI is InChI=1S/C11H18N2O2S/c1-9(12)5-7-16(14)8-10-4-3-6-13-11(10)15-2/h3-4,6,9H,5,7-8,12H2,1-2H3. The topological polar surface area (TPSA) is 65.2 Å². The molecule has 1 aromatic rings. The third kappa shape index (κ3) is 4.28. The molecule has 0 saturated carbocycles. The van der Waals surface area contributed by atoms with E-state index in [1.165, 1.54) is 0 Å². The Morgan fingerprint density at radius 2 is 2.38 bits per heavy atom. The molecule has 1 heterocycles. The Bertz CT molecular complexity index is 356. The molecule has 16 heavy (non-hydrogen) atoms. The van der Waals surface area contributed by atoms with E-state index in [-0.39, 0.29) is 6.04 Å². The van der Waals surface area contributed by atoms with E-state index in [9.17, 15) is 4.21 Å². The largest absolute Gasteiger partial charge is 0.481 e. The molecule has 5 heteroatoms. The first-order chi connectivity index (χ1) is 7.63. The van der Waals surface area contributed by atoms with E-state index in [2.05, 4.69) is 4.98 Å². The number of rotatable bonds is 6. The number of pyridine rings is 1. The van der Waals surface area contributed by atoms with Crippen LogP contribution in [-0.4, -0.2) is 28.1 Å². The third-order valence-electron chi connectivity index (χ3n) is 2.16. The SMILES string of the molecule is COc1ncccc1CS(=O)CCC(C)N. The van der Waals surface area contributed by atoms with Gasteiger partial charge in [-0.25, -0.2) is 4.98 Å². The van der Waals surface area contributed by atoms with Gasteiger partial charge in [-0.2, -0.15) is 0 Å². The molecule has 0 aromatic carbocycles. The van der Waals surface area contributed by atoms with Crippen LogP contribution in [0.2, 0.25) is 0 Å². The lowest BCUT2D eigenvalue weighted by Crippen LogP contribution is -2.18. The average Bonchev–Trinajstić information content (AvgIpc) is 2.27. The highest BCUT2D eigenvalue weighted by Gasteiger charge is 2.08. The van der Waals surface area contributed by atoms with E-state index in [4.69, 9.17) is 10.5 Å². The number of aromatic nitrogens is 1. The zero-order chi connectivity index (χ0) is 12.0. The van der Waals surface area contributed by atoms with Crippen molar-refractivity contribution in [2.75, 3.05) is 12.9 Å². The van der Waals surface area contributed by atoms with Gasteiger partial charge in [0, 0.05) is 34.4 Å².